The fraction of sp³-hybridized carbons (Fsp3) is 0.737. The number of aliphatic hydroxyl groups is 1. The van der Waals surface area contributed by atoms with Crippen LogP contribution in [-0.2, 0) is 20.2 Å². The normalized spacial score (nSPS) is 25.0. The molecule has 0 saturated carbocycles. The largest absolute Gasteiger partial charge is 0.527 e. The summed E-state index contributed by atoms with van der Waals surface area (Å²) in [5.74, 6) is -0.989. The number of benzene rings is 1. The topological polar surface area (TPSA) is 155 Å². The molecule has 2 aliphatic rings. The van der Waals surface area contributed by atoms with E-state index in [1.165, 1.54) is 38.5 Å². The van der Waals surface area contributed by atoms with E-state index in [2.05, 4.69) is 39.6 Å². The molecular weight excluding hydrogens is 695 g/mol. The highest BCUT2D eigenvalue weighted by Gasteiger charge is 2.60. The second-order valence-corrected chi connectivity index (χ2v) is 17.3. The van der Waals surface area contributed by atoms with Crippen molar-refractivity contribution in [2.24, 2.45) is 17.8 Å². The standard InChI is InChI=1S/C38H60F2N3O8P/c1-23(2)12-9-13-24(3)14-10-15-25(4)16-11-19-37(8)20-17-29-28(7)32(26(5)27(6)33(29)50-37)51-52(46,47)48-22-30-34(44)38(39,40)35(49-30)43-21-18-31(41)42-36(43)45/h18,21,23-25,30,34-35,44H,9-17,19-20,22H2,1-8H3,(H,46,47)(H2,41,42,45)/t24?,25?,30-,34?,35-,37?/m1/s1. The second kappa shape index (κ2) is 17.3. The van der Waals surface area contributed by atoms with E-state index < -0.39 is 44.5 Å². The lowest BCUT2D eigenvalue weighted by Crippen LogP contribution is -2.42. The highest BCUT2D eigenvalue weighted by atomic mass is 31.2. The number of fused-ring (bicyclic) bond motifs is 1. The maximum atomic E-state index is 14.9. The van der Waals surface area contributed by atoms with Crippen molar-refractivity contribution < 1.29 is 41.9 Å². The molecule has 0 spiro atoms. The molecule has 0 aliphatic carbocycles. The van der Waals surface area contributed by atoms with Gasteiger partial charge in [-0.3, -0.25) is 14.0 Å². The lowest BCUT2D eigenvalue weighted by molar-refractivity contribution is -0.140. The summed E-state index contributed by atoms with van der Waals surface area (Å²) in [5.41, 5.74) is 6.87. The number of alkyl halides is 2. The van der Waals surface area contributed by atoms with Crippen LogP contribution in [0.25, 0.3) is 0 Å². The van der Waals surface area contributed by atoms with Gasteiger partial charge >= 0.3 is 19.4 Å². The maximum absolute atomic E-state index is 14.9. The Kier molecular flexibility index (Phi) is 14.0. The SMILES string of the molecule is Cc1c(C)c2c(c(C)c1OP(=O)(O)OC[C@H]1O[C@@H](n3ccc(N)nc3=O)C(F)(F)C1O)CCC(C)(CCCC(C)CCCC(C)CCCC(C)C)O2. The van der Waals surface area contributed by atoms with Gasteiger partial charge in [0.05, 0.1) is 6.61 Å². The van der Waals surface area contributed by atoms with Crippen molar-refractivity contribution in [3.63, 3.8) is 0 Å². The van der Waals surface area contributed by atoms with Gasteiger partial charge in [0.2, 0.25) is 6.23 Å². The number of phosphoric ester groups is 1. The highest BCUT2D eigenvalue weighted by Crippen LogP contribution is 2.52. The predicted octanol–water partition coefficient (Wildman–Crippen LogP) is 8.36. The van der Waals surface area contributed by atoms with Crippen molar-refractivity contribution >= 4 is 13.6 Å². The molecule has 1 aromatic heterocycles. The fourth-order valence-electron chi connectivity index (χ4n) is 7.42. The van der Waals surface area contributed by atoms with Gasteiger partial charge in [0.25, 0.3) is 0 Å². The molecule has 5 unspecified atom stereocenters. The van der Waals surface area contributed by atoms with Crippen molar-refractivity contribution in [3.8, 4) is 11.5 Å². The Morgan fingerprint density at radius 1 is 1.04 bits per heavy atom. The molecule has 3 heterocycles. The highest BCUT2D eigenvalue weighted by molar-refractivity contribution is 7.47. The van der Waals surface area contributed by atoms with Crippen molar-refractivity contribution in [1.29, 1.82) is 0 Å². The zero-order chi connectivity index (χ0) is 38.6. The lowest BCUT2D eigenvalue weighted by atomic mass is 9.84. The molecule has 1 fully saturated rings. The minimum atomic E-state index is -4.90. The number of nitrogen functional groups attached to an aromatic ring is 1. The number of anilines is 1. The van der Waals surface area contributed by atoms with Crippen LogP contribution in [-0.4, -0.2) is 49.9 Å². The smallest absolute Gasteiger partial charge is 0.487 e. The second-order valence-electron chi connectivity index (χ2n) is 16.0. The van der Waals surface area contributed by atoms with Gasteiger partial charge in [0, 0.05) is 11.8 Å². The average molecular weight is 756 g/mol. The first-order valence-electron chi connectivity index (χ1n) is 18.8. The van der Waals surface area contributed by atoms with Crippen LogP contribution in [0.2, 0.25) is 0 Å². The number of hydrogen-bond acceptors (Lipinski definition) is 9. The van der Waals surface area contributed by atoms with Crippen molar-refractivity contribution in [1.82, 2.24) is 9.55 Å². The molecule has 4 N–H and O–H groups in total. The number of ether oxygens (including phenoxy) is 2. The molecule has 1 aromatic carbocycles. The number of nitrogens with zero attached hydrogens (tertiary/aromatic N) is 2. The van der Waals surface area contributed by atoms with E-state index >= 15 is 0 Å². The van der Waals surface area contributed by atoms with E-state index in [0.717, 1.165) is 66.7 Å². The molecule has 4 rings (SSSR count). The lowest BCUT2D eigenvalue weighted by Gasteiger charge is -2.38. The molecule has 7 atom stereocenters. The van der Waals surface area contributed by atoms with Crippen LogP contribution in [0.1, 0.15) is 127 Å². The Bertz CT molecular complexity index is 1640. The van der Waals surface area contributed by atoms with Crippen molar-refractivity contribution in [2.75, 3.05) is 12.3 Å². The van der Waals surface area contributed by atoms with Crippen molar-refractivity contribution in [3.05, 3.63) is 45.0 Å². The summed E-state index contributed by atoms with van der Waals surface area (Å²) in [6.45, 7) is 16.0. The van der Waals surface area contributed by atoms with Crippen LogP contribution in [0.4, 0.5) is 14.6 Å². The van der Waals surface area contributed by atoms with Gasteiger partial charge in [-0.1, -0.05) is 72.6 Å². The maximum Gasteiger partial charge on any atom is 0.527 e. The zero-order valence-electron chi connectivity index (χ0n) is 32.1. The third-order valence-electron chi connectivity index (χ3n) is 10.9. The predicted molar refractivity (Wildman–Crippen MR) is 197 cm³/mol. The zero-order valence-corrected chi connectivity index (χ0v) is 33.0. The summed E-state index contributed by atoms with van der Waals surface area (Å²) in [5, 5.41) is 10.3. The van der Waals surface area contributed by atoms with Crippen LogP contribution in [0.5, 0.6) is 11.5 Å². The number of hydrogen-bond donors (Lipinski definition) is 3. The number of nitrogens with two attached hydrogens (primary N) is 1. The van der Waals surface area contributed by atoms with Crippen LogP contribution in [0, 0.1) is 38.5 Å². The van der Waals surface area contributed by atoms with Crippen LogP contribution >= 0.6 is 7.82 Å². The Morgan fingerprint density at radius 3 is 2.27 bits per heavy atom. The van der Waals surface area contributed by atoms with Crippen LogP contribution in [0.3, 0.4) is 0 Å². The molecule has 1 saturated heterocycles. The number of aromatic nitrogens is 2. The van der Waals surface area contributed by atoms with Gasteiger partial charge in [-0.2, -0.15) is 13.8 Å². The Morgan fingerprint density at radius 2 is 1.65 bits per heavy atom. The first kappa shape index (κ1) is 42.2. The Labute approximate surface area is 307 Å². The molecular formula is C38H60F2N3O8P. The summed E-state index contributed by atoms with van der Waals surface area (Å²) >= 11 is 0. The first-order valence-corrected chi connectivity index (χ1v) is 20.3. The molecule has 52 heavy (non-hydrogen) atoms. The molecule has 0 bridgehead atoms. The van der Waals surface area contributed by atoms with Gasteiger partial charge in [-0.25, -0.2) is 9.36 Å². The van der Waals surface area contributed by atoms with E-state index in [4.69, 9.17) is 24.3 Å². The van der Waals surface area contributed by atoms with Crippen molar-refractivity contribution in [2.45, 2.75) is 156 Å². The Hall–Kier alpha value is -2.57. The minimum Gasteiger partial charge on any atom is -0.487 e. The molecule has 0 amide bonds. The van der Waals surface area contributed by atoms with E-state index in [-0.39, 0.29) is 17.2 Å². The summed E-state index contributed by atoms with van der Waals surface area (Å²) < 4.78 is 66.1. The Balaban J connectivity index is 1.32. The van der Waals surface area contributed by atoms with E-state index in [9.17, 15) is 28.1 Å². The van der Waals surface area contributed by atoms with Gasteiger partial charge in [-0.15, -0.1) is 0 Å². The quantitative estimate of drug-likeness (QED) is 0.126. The molecule has 2 aromatic rings. The summed E-state index contributed by atoms with van der Waals surface area (Å²) in [4.78, 5) is 26.3. The number of phosphoric acid groups is 1. The van der Waals surface area contributed by atoms with Crippen LogP contribution in [0.15, 0.2) is 17.1 Å². The van der Waals surface area contributed by atoms with E-state index in [1.54, 1.807) is 13.8 Å². The minimum absolute atomic E-state index is 0.146. The molecule has 2 aliphatic heterocycles. The number of halogens is 2. The first-order chi connectivity index (χ1) is 24.2. The monoisotopic (exact) mass is 755 g/mol. The van der Waals surface area contributed by atoms with Crippen LogP contribution < -0.4 is 20.7 Å². The average Bonchev–Trinajstić information content (AvgIpc) is 3.28. The molecule has 294 valence electrons. The molecule has 11 nitrogen and oxygen atoms in total. The summed E-state index contributed by atoms with van der Waals surface area (Å²) in [6.07, 6.45) is 6.91. The third kappa shape index (κ3) is 10.3. The van der Waals surface area contributed by atoms with Gasteiger partial charge in [0.15, 0.2) is 6.10 Å². The number of aliphatic hydroxyl groups excluding tert-OH is 1. The van der Waals surface area contributed by atoms with E-state index in [0.29, 0.717) is 28.0 Å². The third-order valence-corrected chi connectivity index (χ3v) is 11.8. The summed E-state index contributed by atoms with van der Waals surface area (Å²) in [7, 11) is -4.90. The van der Waals surface area contributed by atoms with Gasteiger partial charge in [0.1, 0.15) is 29.0 Å². The van der Waals surface area contributed by atoms with E-state index in [1.807, 2.05) is 6.92 Å². The molecule has 0 radical (unpaired) electrons. The number of rotatable bonds is 18. The van der Waals surface area contributed by atoms with Gasteiger partial charge < -0.3 is 24.8 Å². The summed E-state index contributed by atoms with van der Waals surface area (Å²) in [6, 6.07) is 1.13. The van der Waals surface area contributed by atoms with Gasteiger partial charge in [-0.05, 0) is 93.9 Å². The fourth-order valence-corrected chi connectivity index (χ4v) is 8.31. The molecule has 14 heteroatoms.